The highest BCUT2D eigenvalue weighted by atomic mass is 16.5. The number of likely N-dealkylation sites (N-methyl/N-ethyl adjacent to an activating group) is 2. The van der Waals surface area contributed by atoms with Crippen molar-refractivity contribution < 1.29 is 28.7 Å². The van der Waals surface area contributed by atoms with Crippen LogP contribution in [0.1, 0.15) is 93.1 Å². The van der Waals surface area contributed by atoms with Gasteiger partial charge >= 0.3 is 0 Å². The van der Waals surface area contributed by atoms with Crippen molar-refractivity contribution in [1.82, 2.24) is 20.0 Å². The molecule has 1 aliphatic rings. The molecular weight excluding hydrogens is 644 g/mol. The number of benzene rings is 1. The Bertz CT molecular complexity index is 1230. The molecule has 1 aromatic carbocycles. The van der Waals surface area contributed by atoms with E-state index in [-0.39, 0.29) is 78.3 Å². The van der Waals surface area contributed by atoms with Gasteiger partial charge in [-0.25, -0.2) is 0 Å². The SMILES string of the molecule is CC[C@H](C)[C@@H]([C@@H](CC(=O)N1CCC[C@H]1[C@H](OC)[C@@H](C)C(=O)NC(C)Cc1ccccc1)OC)N(C)C(=O)[C@@H](CC(=O)[C@H](C(C)C)N(C)C)C(C)C. The zero-order valence-electron chi connectivity index (χ0n) is 34.0. The normalized spacial score (nSPS) is 19.7. The molecule has 290 valence electrons. The van der Waals surface area contributed by atoms with Gasteiger partial charge in [-0.15, -0.1) is 0 Å². The topological polar surface area (TPSA) is 108 Å². The fraction of sp³-hybridized carbons (Fsp3) is 0.756. The summed E-state index contributed by atoms with van der Waals surface area (Å²) in [5.41, 5.74) is 1.15. The number of Topliss-reactive ketones (excluding diaryl/α,β-unsaturated/α-hetero) is 1. The van der Waals surface area contributed by atoms with Crippen LogP contribution >= 0.6 is 0 Å². The van der Waals surface area contributed by atoms with Gasteiger partial charge in [-0.3, -0.25) is 24.1 Å². The molecule has 0 bridgehead atoms. The van der Waals surface area contributed by atoms with Crippen LogP contribution in [0.4, 0.5) is 0 Å². The summed E-state index contributed by atoms with van der Waals surface area (Å²) in [7, 11) is 8.81. The minimum Gasteiger partial charge on any atom is -0.379 e. The molecule has 0 saturated carbocycles. The van der Waals surface area contributed by atoms with Gasteiger partial charge in [-0.1, -0.05) is 85.2 Å². The lowest BCUT2D eigenvalue weighted by Gasteiger charge is -2.41. The number of nitrogens with one attached hydrogen (secondary N) is 1. The first kappa shape index (κ1) is 44.3. The number of ether oxygens (including phenoxy) is 2. The van der Waals surface area contributed by atoms with Gasteiger partial charge in [-0.2, -0.15) is 0 Å². The Morgan fingerprint density at radius 1 is 0.902 bits per heavy atom. The van der Waals surface area contributed by atoms with Crippen LogP contribution in [0.5, 0.6) is 0 Å². The van der Waals surface area contributed by atoms with Crippen LogP contribution in [0.3, 0.4) is 0 Å². The summed E-state index contributed by atoms with van der Waals surface area (Å²) in [5.74, 6) is -1.06. The maximum atomic E-state index is 14.3. The smallest absolute Gasteiger partial charge is 0.226 e. The summed E-state index contributed by atoms with van der Waals surface area (Å²) in [4.78, 5) is 60.9. The van der Waals surface area contributed by atoms with E-state index in [4.69, 9.17) is 9.47 Å². The number of likely N-dealkylation sites (tertiary alicyclic amines) is 1. The zero-order chi connectivity index (χ0) is 38.6. The molecule has 9 atom stereocenters. The Kier molecular flexibility index (Phi) is 18.3. The molecule has 2 rings (SSSR count). The van der Waals surface area contributed by atoms with Crippen molar-refractivity contribution in [1.29, 1.82) is 0 Å². The Hall–Kier alpha value is -2.82. The molecule has 1 unspecified atom stereocenters. The Morgan fingerprint density at radius 3 is 2.04 bits per heavy atom. The van der Waals surface area contributed by atoms with Crippen LogP contribution in [-0.4, -0.2) is 116 Å². The van der Waals surface area contributed by atoms with E-state index in [9.17, 15) is 19.2 Å². The molecule has 1 aromatic rings. The van der Waals surface area contributed by atoms with Crippen molar-refractivity contribution in [3.05, 3.63) is 35.9 Å². The lowest BCUT2D eigenvalue weighted by molar-refractivity contribution is -0.149. The van der Waals surface area contributed by atoms with E-state index in [1.54, 1.807) is 26.2 Å². The largest absolute Gasteiger partial charge is 0.379 e. The molecule has 1 fully saturated rings. The molecule has 3 amide bonds. The molecule has 1 heterocycles. The van der Waals surface area contributed by atoms with Crippen molar-refractivity contribution in [2.45, 2.75) is 130 Å². The summed E-state index contributed by atoms with van der Waals surface area (Å²) in [6.45, 7) is 16.6. The second kappa shape index (κ2) is 21.0. The number of methoxy groups -OCH3 is 2. The third-order valence-corrected chi connectivity index (χ3v) is 11.1. The minimum absolute atomic E-state index is 0.0353. The highest BCUT2D eigenvalue weighted by Crippen LogP contribution is 2.31. The standard InChI is InChI=1S/C41H70N4O6/c1-14-28(6)38(44(11)41(49)32(26(2)3)24-34(46)37(27(4)5)43(9)10)35(50-12)25-36(47)45-22-18-21-33(45)39(51-13)30(8)40(48)42-29(7)23-31-19-16-15-17-20-31/h15-17,19-20,26-30,32-33,35,37-39H,14,18,21-25H2,1-13H3,(H,42,48)/t28-,29?,30+,32-,33-,35+,37-,38-,39+/m0/s1. The first-order valence-corrected chi connectivity index (χ1v) is 19.1. The molecule has 0 radical (unpaired) electrons. The van der Waals surface area contributed by atoms with E-state index in [2.05, 4.69) is 31.3 Å². The maximum Gasteiger partial charge on any atom is 0.226 e. The van der Waals surface area contributed by atoms with Crippen LogP contribution in [0.25, 0.3) is 0 Å². The molecule has 1 aliphatic heterocycles. The number of hydrogen-bond donors (Lipinski definition) is 1. The predicted molar refractivity (Wildman–Crippen MR) is 204 cm³/mol. The fourth-order valence-electron chi connectivity index (χ4n) is 8.16. The number of rotatable bonds is 21. The number of ketones is 1. The lowest BCUT2D eigenvalue weighted by Crippen LogP contribution is -2.54. The molecular formula is C41H70N4O6. The predicted octanol–water partition coefficient (Wildman–Crippen LogP) is 5.47. The molecule has 0 spiro atoms. The van der Waals surface area contributed by atoms with Crippen molar-refractivity contribution in [2.75, 3.05) is 41.9 Å². The second-order valence-electron chi connectivity index (χ2n) is 15.9. The first-order valence-electron chi connectivity index (χ1n) is 19.1. The van der Waals surface area contributed by atoms with Crippen molar-refractivity contribution in [2.24, 2.45) is 29.6 Å². The monoisotopic (exact) mass is 715 g/mol. The van der Waals surface area contributed by atoms with Gasteiger partial charge in [0.15, 0.2) is 5.78 Å². The van der Waals surface area contributed by atoms with Crippen LogP contribution < -0.4 is 5.32 Å². The van der Waals surface area contributed by atoms with Crippen molar-refractivity contribution >= 4 is 23.5 Å². The number of nitrogens with zero attached hydrogens (tertiary/aromatic N) is 3. The summed E-state index contributed by atoms with van der Waals surface area (Å²) in [5, 5.41) is 3.15. The molecule has 1 saturated heterocycles. The molecule has 10 nitrogen and oxygen atoms in total. The molecule has 10 heteroatoms. The minimum atomic E-state index is -0.558. The van der Waals surface area contributed by atoms with E-state index in [1.807, 2.05) is 83.6 Å². The molecule has 51 heavy (non-hydrogen) atoms. The summed E-state index contributed by atoms with van der Waals surface area (Å²) in [6.07, 6.45) is 2.28. The molecule has 1 N–H and O–H groups in total. The van der Waals surface area contributed by atoms with E-state index in [0.29, 0.717) is 6.54 Å². The average molecular weight is 715 g/mol. The highest BCUT2D eigenvalue weighted by Gasteiger charge is 2.43. The van der Waals surface area contributed by atoms with Gasteiger partial charge in [0, 0.05) is 46.2 Å². The number of hydrogen-bond acceptors (Lipinski definition) is 7. The van der Waals surface area contributed by atoms with Crippen LogP contribution in [-0.2, 0) is 35.1 Å². The summed E-state index contributed by atoms with van der Waals surface area (Å²) >= 11 is 0. The lowest BCUT2D eigenvalue weighted by atomic mass is 9.83. The van der Waals surface area contributed by atoms with Gasteiger partial charge in [0.05, 0.1) is 42.7 Å². The van der Waals surface area contributed by atoms with Crippen LogP contribution in [0.15, 0.2) is 30.3 Å². The van der Waals surface area contributed by atoms with Gasteiger partial charge in [0.2, 0.25) is 17.7 Å². The van der Waals surface area contributed by atoms with Gasteiger partial charge in [0.25, 0.3) is 0 Å². The maximum absolute atomic E-state index is 14.3. The fourth-order valence-corrected chi connectivity index (χ4v) is 8.16. The van der Waals surface area contributed by atoms with Gasteiger partial charge in [-0.05, 0) is 63.6 Å². The van der Waals surface area contributed by atoms with Crippen LogP contribution in [0, 0.1) is 29.6 Å². The summed E-state index contributed by atoms with van der Waals surface area (Å²) < 4.78 is 12.0. The third-order valence-electron chi connectivity index (χ3n) is 11.1. The van der Waals surface area contributed by atoms with Crippen molar-refractivity contribution in [3.8, 4) is 0 Å². The molecule has 0 aliphatic carbocycles. The second-order valence-corrected chi connectivity index (χ2v) is 15.9. The number of carbonyl (C=O) groups excluding carboxylic acids is 4. The van der Waals surface area contributed by atoms with E-state index in [1.165, 1.54) is 0 Å². The first-order chi connectivity index (χ1) is 24.0. The molecule has 0 aromatic heterocycles. The van der Waals surface area contributed by atoms with Crippen molar-refractivity contribution in [3.63, 3.8) is 0 Å². The Balaban J connectivity index is 2.23. The van der Waals surface area contributed by atoms with E-state index < -0.39 is 24.0 Å². The Labute approximate surface area is 309 Å². The average Bonchev–Trinajstić information content (AvgIpc) is 3.56. The Morgan fingerprint density at radius 2 is 1.53 bits per heavy atom. The van der Waals surface area contributed by atoms with E-state index in [0.717, 1.165) is 31.2 Å². The summed E-state index contributed by atoms with van der Waals surface area (Å²) in [6, 6.07) is 9.11. The van der Waals surface area contributed by atoms with E-state index >= 15 is 0 Å². The highest BCUT2D eigenvalue weighted by molar-refractivity contribution is 5.90. The quantitative estimate of drug-likeness (QED) is 0.180. The van der Waals surface area contributed by atoms with Gasteiger partial charge < -0.3 is 24.6 Å². The number of carbonyl (C=O) groups is 4. The third kappa shape index (κ3) is 12.1. The zero-order valence-corrected chi connectivity index (χ0v) is 34.0. The van der Waals surface area contributed by atoms with Gasteiger partial charge in [0.1, 0.15) is 0 Å². The van der Waals surface area contributed by atoms with Crippen LogP contribution in [0.2, 0.25) is 0 Å². The number of amides is 3.